The first kappa shape index (κ1) is 19.4. The fraction of sp³-hybridized carbons (Fsp3) is 0.750. The van der Waals surface area contributed by atoms with E-state index in [1.165, 1.54) is 75.3 Å². The minimum absolute atomic E-state index is 0.152. The number of fused-ring (bicyclic) bond motifs is 7. The largest absolute Gasteiger partial charge is 0.508 e. The predicted molar refractivity (Wildman–Crippen MR) is 122 cm³/mol. The van der Waals surface area contributed by atoms with Gasteiger partial charge in [0.1, 0.15) is 5.75 Å². The highest BCUT2D eigenvalue weighted by molar-refractivity contribution is 5.89. The number of aryl methyl sites for hydroxylation is 1. The Morgan fingerprint density at radius 1 is 0.967 bits per heavy atom. The van der Waals surface area contributed by atoms with E-state index in [1.807, 2.05) is 0 Å². The number of phenols is 1. The molecule has 0 amide bonds. The molecule has 0 spiro atoms. The monoisotopic (exact) mass is 405 g/mol. The van der Waals surface area contributed by atoms with Crippen LogP contribution in [0.1, 0.15) is 107 Å². The lowest BCUT2D eigenvalue weighted by Gasteiger charge is -2.50. The second-order valence-corrected chi connectivity index (χ2v) is 12.3. The van der Waals surface area contributed by atoms with Gasteiger partial charge < -0.3 is 10.5 Å². The van der Waals surface area contributed by atoms with Crippen LogP contribution in [-0.4, -0.2) is 10.8 Å². The first-order valence-electron chi connectivity index (χ1n) is 12.8. The maximum Gasteiger partial charge on any atom is 0.119 e. The van der Waals surface area contributed by atoms with Gasteiger partial charge in [0.05, 0.1) is 0 Å². The van der Waals surface area contributed by atoms with Crippen LogP contribution >= 0.6 is 0 Å². The van der Waals surface area contributed by atoms with E-state index in [2.05, 4.69) is 26.0 Å². The fourth-order valence-corrected chi connectivity index (χ4v) is 9.26. The second-order valence-electron chi connectivity index (χ2n) is 12.3. The van der Waals surface area contributed by atoms with Gasteiger partial charge in [-0.15, -0.1) is 0 Å². The van der Waals surface area contributed by atoms with Crippen molar-refractivity contribution in [1.82, 2.24) is 0 Å². The first-order chi connectivity index (χ1) is 14.4. The van der Waals surface area contributed by atoms with Gasteiger partial charge in [-0.1, -0.05) is 39.2 Å². The number of nitrogens with one attached hydrogen (secondary N) is 1. The van der Waals surface area contributed by atoms with Gasteiger partial charge in [-0.05, 0) is 110 Å². The summed E-state index contributed by atoms with van der Waals surface area (Å²) in [6.45, 7) is 4.85. The smallest absolute Gasteiger partial charge is 0.119 e. The minimum Gasteiger partial charge on any atom is -0.508 e. The molecule has 2 nitrogen and oxygen atoms in total. The lowest BCUT2D eigenvalue weighted by molar-refractivity contribution is 0.0946. The van der Waals surface area contributed by atoms with Crippen molar-refractivity contribution in [3.63, 3.8) is 0 Å². The van der Waals surface area contributed by atoms with Crippen LogP contribution in [0.3, 0.4) is 0 Å². The maximum atomic E-state index is 11.1. The Bertz CT molecular complexity index is 875. The molecule has 0 radical (unpaired) electrons. The Kier molecular flexibility index (Phi) is 4.26. The van der Waals surface area contributed by atoms with Crippen molar-refractivity contribution >= 4 is 5.71 Å². The molecule has 0 saturated heterocycles. The molecule has 0 aliphatic heterocycles. The van der Waals surface area contributed by atoms with E-state index >= 15 is 0 Å². The van der Waals surface area contributed by atoms with E-state index in [-0.39, 0.29) is 10.8 Å². The van der Waals surface area contributed by atoms with Gasteiger partial charge in [-0.25, -0.2) is 0 Å². The van der Waals surface area contributed by atoms with Crippen LogP contribution in [0.5, 0.6) is 5.75 Å². The van der Waals surface area contributed by atoms with Gasteiger partial charge in [0.15, 0.2) is 0 Å². The SMILES string of the molecule is CC1(c2cc3c(cc2O)CCC2C3CC[C@]3(C)C(=N)CCC23)CC2CCCC(C2)C1. The average molecular weight is 406 g/mol. The summed E-state index contributed by atoms with van der Waals surface area (Å²) in [5.41, 5.74) is 5.63. The standard InChI is InChI=1S/C28H39NO/c1-27(15-17-4-3-5-18(12-17)16-27)24-14-22-19(13-25(24)30)6-7-21-20(22)10-11-28(2)23(21)8-9-26(28)29/h13-14,17-18,20-21,23,29-30H,3-12,15-16H2,1-2H3/t17?,18?,20?,21?,23?,27?,28-/m0/s1. The highest BCUT2D eigenvalue weighted by Crippen LogP contribution is 2.60. The Labute approximate surface area is 182 Å². The highest BCUT2D eigenvalue weighted by Gasteiger charge is 2.53. The molecule has 30 heavy (non-hydrogen) atoms. The number of hydrogen-bond acceptors (Lipinski definition) is 2. The molecule has 0 heterocycles. The third kappa shape index (κ3) is 2.71. The molecule has 4 fully saturated rings. The normalized spacial score (nSPS) is 44.9. The van der Waals surface area contributed by atoms with E-state index in [4.69, 9.17) is 5.41 Å². The van der Waals surface area contributed by atoms with Crippen molar-refractivity contribution in [2.24, 2.45) is 29.1 Å². The molecule has 5 aliphatic rings. The van der Waals surface area contributed by atoms with Crippen LogP contribution in [0.15, 0.2) is 12.1 Å². The topological polar surface area (TPSA) is 44.1 Å². The molecule has 1 aromatic rings. The molecule has 162 valence electrons. The summed E-state index contributed by atoms with van der Waals surface area (Å²) < 4.78 is 0. The highest BCUT2D eigenvalue weighted by atomic mass is 16.3. The van der Waals surface area contributed by atoms with Crippen molar-refractivity contribution in [2.75, 3.05) is 0 Å². The van der Waals surface area contributed by atoms with E-state index < -0.39 is 0 Å². The number of hydrogen-bond donors (Lipinski definition) is 2. The Morgan fingerprint density at radius 3 is 2.50 bits per heavy atom. The van der Waals surface area contributed by atoms with Crippen molar-refractivity contribution in [2.45, 2.75) is 102 Å². The van der Waals surface area contributed by atoms with Gasteiger partial charge in [0.25, 0.3) is 0 Å². The zero-order valence-electron chi connectivity index (χ0n) is 19.0. The van der Waals surface area contributed by atoms with Crippen LogP contribution in [0.4, 0.5) is 0 Å². The predicted octanol–water partition coefficient (Wildman–Crippen LogP) is 7.13. The van der Waals surface area contributed by atoms with Crippen molar-refractivity contribution in [1.29, 1.82) is 5.41 Å². The van der Waals surface area contributed by atoms with Crippen LogP contribution in [-0.2, 0) is 11.8 Å². The van der Waals surface area contributed by atoms with Gasteiger partial charge in [0, 0.05) is 16.7 Å². The number of aromatic hydroxyl groups is 1. The maximum absolute atomic E-state index is 11.1. The second kappa shape index (κ2) is 6.59. The number of rotatable bonds is 1. The van der Waals surface area contributed by atoms with Gasteiger partial charge in [0.2, 0.25) is 0 Å². The Morgan fingerprint density at radius 2 is 1.73 bits per heavy atom. The average Bonchev–Trinajstić information content (AvgIpc) is 3.01. The van der Waals surface area contributed by atoms with Crippen LogP contribution < -0.4 is 0 Å². The van der Waals surface area contributed by atoms with Gasteiger partial charge in [-0.3, -0.25) is 0 Å². The molecular weight excluding hydrogens is 366 g/mol. The van der Waals surface area contributed by atoms with Crippen LogP contribution in [0, 0.1) is 34.5 Å². The Hall–Kier alpha value is -1.31. The lowest BCUT2D eigenvalue weighted by atomic mass is 9.54. The fourth-order valence-electron chi connectivity index (χ4n) is 9.26. The zero-order chi connectivity index (χ0) is 20.7. The van der Waals surface area contributed by atoms with Crippen LogP contribution in [0.25, 0.3) is 0 Å². The quantitative estimate of drug-likeness (QED) is 0.513. The van der Waals surface area contributed by atoms with Crippen molar-refractivity contribution in [3.8, 4) is 5.75 Å². The third-order valence-electron chi connectivity index (χ3n) is 10.6. The molecule has 6 rings (SSSR count). The molecule has 0 aromatic heterocycles. The summed E-state index contributed by atoms with van der Waals surface area (Å²) in [5, 5.41) is 19.7. The number of benzene rings is 1. The van der Waals surface area contributed by atoms with E-state index in [0.717, 1.165) is 36.3 Å². The summed E-state index contributed by atoms with van der Waals surface area (Å²) in [6, 6.07) is 4.66. The molecule has 5 aliphatic carbocycles. The molecular formula is C28H39NO. The first-order valence-corrected chi connectivity index (χ1v) is 12.8. The van der Waals surface area contributed by atoms with E-state index in [0.29, 0.717) is 17.6 Å². The lowest BCUT2D eigenvalue weighted by Crippen LogP contribution is -2.42. The zero-order valence-corrected chi connectivity index (χ0v) is 19.0. The van der Waals surface area contributed by atoms with Gasteiger partial charge >= 0.3 is 0 Å². The van der Waals surface area contributed by atoms with Crippen molar-refractivity contribution < 1.29 is 5.11 Å². The molecule has 2 N–H and O–H groups in total. The molecule has 4 saturated carbocycles. The number of phenolic OH excluding ortho intramolecular Hbond substituents is 1. The third-order valence-corrected chi connectivity index (χ3v) is 10.6. The molecule has 1 aromatic carbocycles. The van der Waals surface area contributed by atoms with Crippen molar-refractivity contribution in [3.05, 3.63) is 28.8 Å². The molecule has 2 heteroatoms. The minimum atomic E-state index is 0.152. The summed E-state index contributed by atoms with van der Waals surface area (Å²) in [4.78, 5) is 0. The summed E-state index contributed by atoms with van der Waals surface area (Å²) in [6.07, 6.45) is 15.2. The summed E-state index contributed by atoms with van der Waals surface area (Å²) >= 11 is 0. The summed E-state index contributed by atoms with van der Waals surface area (Å²) in [5.74, 6) is 4.42. The van der Waals surface area contributed by atoms with Gasteiger partial charge in [-0.2, -0.15) is 0 Å². The van der Waals surface area contributed by atoms with E-state index in [1.54, 1.807) is 5.56 Å². The molecule has 2 bridgehead atoms. The van der Waals surface area contributed by atoms with E-state index in [9.17, 15) is 5.11 Å². The molecule has 5 unspecified atom stereocenters. The summed E-state index contributed by atoms with van der Waals surface area (Å²) in [7, 11) is 0. The molecule has 6 atom stereocenters. The Balaban J connectivity index is 1.37. The van der Waals surface area contributed by atoms with Crippen LogP contribution in [0.2, 0.25) is 0 Å².